The van der Waals surface area contributed by atoms with Gasteiger partial charge in [-0.2, -0.15) is 0 Å². The van der Waals surface area contributed by atoms with Crippen LogP contribution >= 0.6 is 11.6 Å². The van der Waals surface area contributed by atoms with E-state index >= 15 is 0 Å². The van der Waals surface area contributed by atoms with E-state index in [0.717, 1.165) is 38.1 Å². The molecule has 2 heteroatoms. The minimum atomic E-state index is 0.717. The van der Waals surface area contributed by atoms with Crippen molar-refractivity contribution in [3.05, 3.63) is 108 Å². The molecule has 0 bridgehead atoms. The Hall–Kier alpha value is -3.81. The van der Waals surface area contributed by atoms with Crippen LogP contribution in [0.2, 0.25) is 5.02 Å². The van der Waals surface area contributed by atoms with Crippen molar-refractivity contribution < 1.29 is 4.42 Å². The summed E-state index contributed by atoms with van der Waals surface area (Å²) >= 11 is 6.51. The lowest BCUT2D eigenvalue weighted by Crippen LogP contribution is -1.85. The lowest BCUT2D eigenvalue weighted by molar-refractivity contribution is 0.670. The Labute approximate surface area is 189 Å². The molecule has 1 nitrogen and oxygen atoms in total. The average molecular weight is 429 g/mol. The number of hydrogen-bond donors (Lipinski definition) is 0. The molecular formula is C30H17ClO. The summed E-state index contributed by atoms with van der Waals surface area (Å²) in [5, 5.41) is 10.4. The fourth-order valence-electron chi connectivity index (χ4n) is 5.11. The highest BCUT2D eigenvalue weighted by molar-refractivity contribution is 6.38. The van der Waals surface area contributed by atoms with E-state index in [1.165, 1.54) is 32.3 Å². The zero-order valence-electron chi connectivity index (χ0n) is 17.1. The summed E-state index contributed by atoms with van der Waals surface area (Å²) in [4.78, 5) is 0. The van der Waals surface area contributed by atoms with Gasteiger partial charge in [-0.1, -0.05) is 96.5 Å². The predicted octanol–water partition coefficient (Wildman–Crippen LogP) is 9.37. The molecule has 0 saturated carbocycles. The van der Waals surface area contributed by atoms with E-state index in [1.54, 1.807) is 0 Å². The normalized spacial score (nSPS) is 11.9. The zero-order chi connectivity index (χ0) is 21.2. The Kier molecular flexibility index (Phi) is 3.67. The number of halogens is 1. The molecule has 150 valence electrons. The standard InChI is InChI=1S/C30H17ClO/c31-27-13-6-14-28-29(27)25-12-5-11-19(30(25)32-28)18-15-16-24-22-9-2-1-7-20(22)21-8-3-4-10-23(21)26(24)17-18/h1-17H. The lowest BCUT2D eigenvalue weighted by atomic mass is 9.92. The molecule has 1 aromatic heterocycles. The van der Waals surface area contributed by atoms with Crippen LogP contribution in [-0.2, 0) is 0 Å². The topological polar surface area (TPSA) is 13.1 Å². The molecule has 0 aliphatic carbocycles. The molecular weight excluding hydrogens is 412 g/mol. The summed E-state index contributed by atoms with van der Waals surface area (Å²) in [6.07, 6.45) is 0. The van der Waals surface area contributed by atoms with E-state index in [2.05, 4.69) is 84.9 Å². The first kappa shape index (κ1) is 17.8. The second kappa shape index (κ2) is 6.59. The maximum Gasteiger partial charge on any atom is 0.143 e. The van der Waals surface area contributed by atoms with Crippen LogP contribution in [0, 0.1) is 0 Å². The first-order chi connectivity index (χ1) is 15.8. The van der Waals surface area contributed by atoms with Crippen molar-refractivity contribution in [1.82, 2.24) is 0 Å². The summed E-state index contributed by atoms with van der Waals surface area (Å²) < 4.78 is 6.30. The Morgan fingerprint density at radius 2 is 1.09 bits per heavy atom. The van der Waals surface area contributed by atoms with Gasteiger partial charge in [-0.15, -0.1) is 0 Å². The molecule has 0 fully saturated rings. The van der Waals surface area contributed by atoms with E-state index in [9.17, 15) is 0 Å². The third kappa shape index (κ3) is 2.40. The number of para-hydroxylation sites is 1. The Morgan fingerprint density at radius 1 is 0.500 bits per heavy atom. The third-order valence-electron chi connectivity index (χ3n) is 6.53. The van der Waals surface area contributed by atoms with Crippen molar-refractivity contribution >= 4 is 65.9 Å². The Bertz CT molecular complexity index is 1810. The molecule has 0 aliphatic heterocycles. The van der Waals surface area contributed by atoms with Gasteiger partial charge in [-0.05, 0) is 56.1 Å². The Balaban J connectivity index is 1.60. The molecule has 7 aromatic rings. The van der Waals surface area contributed by atoms with Crippen LogP contribution in [0.1, 0.15) is 0 Å². The third-order valence-corrected chi connectivity index (χ3v) is 6.84. The van der Waals surface area contributed by atoms with E-state index in [1.807, 2.05) is 18.2 Å². The minimum Gasteiger partial charge on any atom is -0.455 e. The van der Waals surface area contributed by atoms with Crippen molar-refractivity contribution in [2.75, 3.05) is 0 Å². The maximum atomic E-state index is 6.51. The van der Waals surface area contributed by atoms with Crippen molar-refractivity contribution in [3.8, 4) is 11.1 Å². The number of benzene rings is 6. The van der Waals surface area contributed by atoms with E-state index in [4.69, 9.17) is 16.0 Å². The minimum absolute atomic E-state index is 0.717. The second-order valence-corrected chi connectivity index (χ2v) is 8.66. The SMILES string of the molecule is Clc1cccc2oc3c(-c4ccc5c6ccccc6c6ccccc6c5c4)cccc3c12. The highest BCUT2D eigenvalue weighted by Gasteiger charge is 2.15. The molecule has 7 rings (SSSR count). The van der Waals surface area contributed by atoms with Crippen LogP contribution in [0.15, 0.2) is 108 Å². The van der Waals surface area contributed by atoms with Gasteiger partial charge >= 0.3 is 0 Å². The maximum absolute atomic E-state index is 6.51. The molecule has 32 heavy (non-hydrogen) atoms. The van der Waals surface area contributed by atoms with Gasteiger partial charge in [-0.25, -0.2) is 0 Å². The van der Waals surface area contributed by atoms with Crippen LogP contribution in [0.25, 0.3) is 65.4 Å². The summed E-state index contributed by atoms with van der Waals surface area (Å²) in [6.45, 7) is 0. The van der Waals surface area contributed by atoms with Crippen LogP contribution < -0.4 is 0 Å². The second-order valence-electron chi connectivity index (χ2n) is 8.25. The smallest absolute Gasteiger partial charge is 0.143 e. The quantitative estimate of drug-likeness (QED) is 0.237. The molecule has 1 heterocycles. The average Bonchev–Trinajstić information content (AvgIpc) is 3.24. The molecule has 0 radical (unpaired) electrons. The van der Waals surface area contributed by atoms with E-state index in [-0.39, 0.29) is 0 Å². The van der Waals surface area contributed by atoms with Crippen molar-refractivity contribution in [3.63, 3.8) is 0 Å². The van der Waals surface area contributed by atoms with Crippen LogP contribution in [0.4, 0.5) is 0 Å². The molecule has 0 spiro atoms. The summed E-state index contributed by atoms with van der Waals surface area (Å²) in [7, 11) is 0. The van der Waals surface area contributed by atoms with Gasteiger partial charge in [0.05, 0.1) is 5.02 Å². The zero-order valence-corrected chi connectivity index (χ0v) is 17.9. The first-order valence-electron chi connectivity index (χ1n) is 10.7. The van der Waals surface area contributed by atoms with Gasteiger partial charge < -0.3 is 4.42 Å². The van der Waals surface area contributed by atoms with Crippen molar-refractivity contribution in [1.29, 1.82) is 0 Å². The van der Waals surface area contributed by atoms with Crippen LogP contribution in [0.5, 0.6) is 0 Å². The highest BCUT2D eigenvalue weighted by Crippen LogP contribution is 2.41. The summed E-state index contributed by atoms with van der Waals surface area (Å²) in [5.41, 5.74) is 3.91. The number of rotatable bonds is 1. The molecule has 0 saturated heterocycles. The summed E-state index contributed by atoms with van der Waals surface area (Å²) in [6, 6.07) is 36.2. The molecule has 0 atom stereocenters. The van der Waals surface area contributed by atoms with Gasteiger partial charge in [0.15, 0.2) is 0 Å². The Morgan fingerprint density at radius 3 is 1.81 bits per heavy atom. The fraction of sp³-hybridized carbons (Fsp3) is 0. The van der Waals surface area contributed by atoms with Gasteiger partial charge in [0, 0.05) is 16.3 Å². The predicted molar refractivity (Wildman–Crippen MR) is 137 cm³/mol. The number of fused-ring (bicyclic) bond motifs is 9. The number of hydrogen-bond acceptors (Lipinski definition) is 1. The summed E-state index contributed by atoms with van der Waals surface area (Å²) in [5.74, 6) is 0. The molecule has 0 amide bonds. The van der Waals surface area contributed by atoms with Gasteiger partial charge in [0.1, 0.15) is 11.2 Å². The number of furan rings is 1. The van der Waals surface area contributed by atoms with Crippen molar-refractivity contribution in [2.45, 2.75) is 0 Å². The van der Waals surface area contributed by atoms with E-state index < -0.39 is 0 Å². The van der Waals surface area contributed by atoms with Gasteiger partial charge in [0.2, 0.25) is 0 Å². The fourth-order valence-corrected chi connectivity index (χ4v) is 5.37. The van der Waals surface area contributed by atoms with Gasteiger partial charge in [-0.3, -0.25) is 0 Å². The highest BCUT2D eigenvalue weighted by atomic mass is 35.5. The lowest BCUT2D eigenvalue weighted by Gasteiger charge is -2.12. The largest absolute Gasteiger partial charge is 0.455 e. The van der Waals surface area contributed by atoms with Crippen LogP contribution in [-0.4, -0.2) is 0 Å². The van der Waals surface area contributed by atoms with Crippen LogP contribution in [0.3, 0.4) is 0 Å². The van der Waals surface area contributed by atoms with E-state index in [0.29, 0.717) is 0 Å². The molecule has 0 unspecified atom stereocenters. The molecule has 0 aliphatic rings. The molecule has 0 N–H and O–H groups in total. The monoisotopic (exact) mass is 428 g/mol. The molecule has 6 aromatic carbocycles. The van der Waals surface area contributed by atoms with Gasteiger partial charge in [0.25, 0.3) is 0 Å². The first-order valence-corrected chi connectivity index (χ1v) is 11.1. The van der Waals surface area contributed by atoms with Crippen molar-refractivity contribution in [2.24, 2.45) is 0 Å².